The predicted molar refractivity (Wildman–Crippen MR) is 112 cm³/mol. The second-order valence-electron chi connectivity index (χ2n) is 7.03. The Morgan fingerprint density at radius 1 is 0.857 bits per heavy atom. The van der Waals surface area contributed by atoms with Crippen molar-refractivity contribution in [2.45, 2.75) is 19.4 Å². The fourth-order valence-corrected chi connectivity index (χ4v) is 3.46. The normalized spacial score (nSPS) is 13.6. The van der Waals surface area contributed by atoms with Gasteiger partial charge in [-0.05, 0) is 53.9 Å². The Morgan fingerprint density at radius 3 is 2.32 bits per heavy atom. The largest absolute Gasteiger partial charge is 0.457 e. The van der Waals surface area contributed by atoms with E-state index >= 15 is 0 Å². The third-order valence-corrected chi connectivity index (χ3v) is 4.98. The number of nitrogens with one attached hydrogen (secondary N) is 1. The number of hydrogen-bond acceptors (Lipinski definition) is 3. The van der Waals surface area contributed by atoms with Crippen LogP contribution in [-0.2, 0) is 17.8 Å². The monoisotopic (exact) mass is 372 g/mol. The first-order chi connectivity index (χ1) is 13.8. The van der Waals surface area contributed by atoms with Crippen LogP contribution in [0.25, 0.3) is 0 Å². The second kappa shape index (κ2) is 8.72. The van der Waals surface area contributed by atoms with E-state index in [1.165, 1.54) is 11.1 Å². The van der Waals surface area contributed by atoms with Gasteiger partial charge in [-0.1, -0.05) is 42.5 Å². The van der Waals surface area contributed by atoms with Gasteiger partial charge in [0.15, 0.2) is 0 Å². The molecule has 0 saturated heterocycles. The van der Waals surface area contributed by atoms with Crippen molar-refractivity contribution in [3.05, 3.63) is 90.0 Å². The van der Waals surface area contributed by atoms with Gasteiger partial charge in [0.2, 0.25) is 5.91 Å². The van der Waals surface area contributed by atoms with E-state index in [-0.39, 0.29) is 5.91 Å². The molecule has 3 aromatic carbocycles. The molecule has 0 unspecified atom stereocenters. The number of nitrogens with zero attached hydrogens (tertiary/aromatic N) is 1. The van der Waals surface area contributed by atoms with E-state index in [0.29, 0.717) is 6.42 Å². The number of rotatable bonds is 6. The lowest BCUT2D eigenvalue weighted by molar-refractivity contribution is -0.116. The van der Waals surface area contributed by atoms with Crippen LogP contribution in [0, 0.1) is 0 Å². The van der Waals surface area contributed by atoms with Crippen molar-refractivity contribution in [3.63, 3.8) is 0 Å². The standard InChI is InChI=1S/C24H24N2O2/c27-24(15-17-26-16-14-19-6-4-5-7-20(19)18-26)25-21-10-12-23(13-11-21)28-22-8-2-1-3-9-22/h1-13H,14-18H2,(H,25,27). The maximum Gasteiger partial charge on any atom is 0.225 e. The maximum absolute atomic E-state index is 12.3. The van der Waals surface area contributed by atoms with E-state index in [0.717, 1.165) is 43.2 Å². The van der Waals surface area contributed by atoms with E-state index in [1.807, 2.05) is 54.6 Å². The molecule has 28 heavy (non-hydrogen) atoms. The Kier molecular flexibility index (Phi) is 5.69. The highest BCUT2D eigenvalue weighted by molar-refractivity contribution is 5.90. The topological polar surface area (TPSA) is 41.6 Å². The van der Waals surface area contributed by atoms with Crippen LogP contribution in [-0.4, -0.2) is 23.9 Å². The molecule has 0 saturated carbocycles. The van der Waals surface area contributed by atoms with Gasteiger partial charge in [0.25, 0.3) is 0 Å². The van der Waals surface area contributed by atoms with Crippen LogP contribution in [0.5, 0.6) is 11.5 Å². The summed E-state index contributed by atoms with van der Waals surface area (Å²) in [5.74, 6) is 1.58. The number of fused-ring (bicyclic) bond motifs is 1. The van der Waals surface area contributed by atoms with E-state index in [9.17, 15) is 4.79 Å². The summed E-state index contributed by atoms with van der Waals surface area (Å²) in [5.41, 5.74) is 3.60. The van der Waals surface area contributed by atoms with Crippen LogP contribution in [0.3, 0.4) is 0 Å². The summed E-state index contributed by atoms with van der Waals surface area (Å²) >= 11 is 0. The van der Waals surface area contributed by atoms with Crippen LogP contribution >= 0.6 is 0 Å². The lowest BCUT2D eigenvalue weighted by atomic mass is 10.00. The van der Waals surface area contributed by atoms with Crippen LogP contribution < -0.4 is 10.1 Å². The first-order valence-corrected chi connectivity index (χ1v) is 9.68. The SMILES string of the molecule is O=C(CCN1CCc2ccccc2C1)Nc1ccc(Oc2ccccc2)cc1. The van der Waals surface area contributed by atoms with Gasteiger partial charge in [-0.3, -0.25) is 9.69 Å². The summed E-state index contributed by atoms with van der Waals surface area (Å²) in [4.78, 5) is 14.7. The number of amides is 1. The minimum atomic E-state index is 0.0376. The Morgan fingerprint density at radius 2 is 1.54 bits per heavy atom. The number of para-hydroxylation sites is 1. The van der Waals surface area contributed by atoms with Gasteiger partial charge in [0, 0.05) is 31.7 Å². The Bertz CT molecular complexity index is 923. The molecule has 4 nitrogen and oxygen atoms in total. The van der Waals surface area contributed by atoms with Crippen molar-refractivity contribution in [3.8, 4) is 11.5 Å². The minimum absolute atomic E-state index is 0.0376. The quantitative estimate of drug-likeness (QED) is 0.671. The summed E-state index contributed by atoms with van der Waals surface area (Å²) in [6, 6.07) is 25.7. The highest BCUT2D eigenvalue weighted by atomic mass is 16.5. The highest BCUT2D eigenvalue weighted by Crippen LogP contribution is 2.23. The van der Waals surface area contributed by atoms with Crippen molar-refractivity contribution in [1.82, 2.24) is 4.90 Å². The van der Waals surface area contributed by atoms with Crippen LogP contribution in [0.15, 0.2) is 78.9 Å². The van der Waals surface area contributed by atoms with Crippen LogP contribution in [0.4, 0.5) is 5.69 Å². The van der Waals surface area contributed by atoms with Crippen molar-refractivity contribution in [2.24, 2.45) is 0 Å². The molecule has 1 amide bonds. The first-order valence-electron chi connectivity index (χ1n) is 9.68. The molecule has 1 aliphatic rings. The average Bonchev–Trinajstić information content (AvgIpc) is 2.74. The van der Waals surface area contributed by atoms with Gasteiger partial charge in [0.05, 0.1) is 0 Å². The summed E-state index contributed by atoms with van der Waals surface area (Å²) in [7, 11) is 0. The van der Waals surface area contributed by atoms with E-state index in [2.05, 4.69) is 34.5 Å². The average molecular weight is 372 g/mol. The third-order valence-electron chi connectivity index (χ3n) is 4.98. The summed E-state index contributed by atoms with van der Waals surface area (Å²) in [5, 5.41) is 2.97. The van der Waals surface area contributed by atoms with Gasteiger partial charge >= 0.3 is 0 Å². The van der Waals surface area contributed by atoms with E-state index in [4.69, 9.17) is 4.74 Å². The van der Waals surface area contributed by atoms with Gasteiger partial charge in [0.1, 0.15) is 11.5 Å². The highest BCUT2D eigenvalue weighted by Gasteiger charge is 2.16. The molecule has 4 heteroatoms. The fraction of sp³-hybridized carbons (Fsp3) is 0.208. The number of benzene rings is 3. The number of carbonyl (C=O) groups excluding carboxylic acids is 1. The number of carbonyl (C=O) groups is 1. The molecular formula is C24H24N2O2. The molecule has 0 radical (unpaired) electrons. The molecule has 3 aromatic rings. The van der Waals surface area contributed by atoms with E-state index in [1.54, 1.807) is 0 Å². The van der Waals surface area contributed by atoms with Crippen LogP contribution in [0.2, 0.25) is 0 Å². The van der Waals surface area contributed by atoms with Gasteiger partial charge in [-0.25, -0.2) is 0 Å². The summed E-state index contributed by atoms with van der Waals surface area (Å²) in [6.45, 7) is 2.71. The molecule has 0 atom stereocenters. The molecule has 1 aliphatic heterocycles. The third kappa shape index (κ3) is 4.78. The molecule has 0 bridgehead atoms. The number of hydrogen-bond donors (Lipinski definition) is 1. The zero-order valence-corrected chi connectivity index (χ0v) is 15.8. The lowest BCUT2D eigenvalue weighted by Crippen LogP contribution is -2.33. The fourth-order valence-electron chi connectivity index (χ4n) is 3.46. The smallest absolute Gasteiger partial charge is 0.225 e. The van der Waals surface area contributed by atoms with Gasteiger partial charge in [-0.2, -0.15) is 0 Å². The molecule has 0 fully saturated rings. The summed E-state index contributed by atoms with van der Waals surface area (Å²) in [6.07, 6.45) is 1.55. The Balaban J connectivity index is 1.25. The van der Waals surface area contributed by atoms with Gasteiger partial charge in [-0.15, -0.1) is 0 Å². The lowest BCUT2D eigenvalue weighted by Gasteiger charge is -2.28. The molecule has 1 heterocycles. The van der Waals surface area contributed by atoms with Crippen molar-refractivity contribution in [1.29, 1.82) is 0 Å². The minimum Gasteiger partial charge on any atom is -0.457 e. The van der Waals surface area contributed by atoms with Crippen LogP contribution in [0.1, 0.15) is 17.5 Å². The molecule has 142 valence electrons. The van der Waals surface area contributed by atoms with Crippen molar-refractivity contribution in [2.75, 3.05) is 18.4 Å². The predicted octanol–water partition coefficient (Wildman–Crippen LogP) is 4.87. The van der Waals surface area contributed by atoms with E-state index < -0.39 is 0 Å². The molecule has 4 rings (SSSR count). The zero-order valence-electron chi connectivity index (χ0n) is 15.8. The molecule has 1 N–H and O–H groups in total. The molecule has 0 aliphatic carbocycles. The zero-order chi connectivity index (χ0) is 19.2. The maximum atomic E-state index is 12.3. The number of ether oxygens (including phenoxy) is 1. The van der Waals surface area contributed by atoms with Crippen molar-refractivity contribution < 1.29 is 9.53 Å². The molecule has 0 spiro atoms. The molecular weight excluding hydrogens is 348 g/mol. The Hall–Kier alpha value is -3.11. The summed E-state index contributed by atoms with van der Waals surface area (Å²) < 4.78 is 5.77. The Labute approximate surface area is 165 Å². The number of anilines is 1. The van der Waals surface area contributed by atoms with Crippen molar-refractivity contribution >= 4 is 11.6 Å². The first kappa shape index (κ1) is 18.3. The second-order valence-corrected chi connectivity index (χ2v) is 7.03. The molecule has 0 aromatic heterocycles. The van der Waals surface area contributed by atoms with Gasteiger partial charge < -0.3 is 10.1 Å².